The minimum Gasteiger partial charge on any atom is -0.312 e. The van der Waals surface area contributed by atoms with E-state index in [1.54, 1.807) is 17.5 Å². The summed E-state index contributed by atoms with van der Waals surface area (Å²) in [6, 6.07) is 9.10. The standard InChI is InChI=1S/C13H14N2O2S2.ClH/c16-19(17,13-5-2-8-18-13)15-12-4-1-3-10-9-14-7-6-11(10)12;/h1-5,8,14-15H,6-7,9H2;1H. The first kappa shape index (κ1) is 15.3. The van der Waals surface area contributed by atoms with Crippen molar-refractivity contribution in [1.29, 1.82) is 0 Å². The largest absolute Gasteiger partial charge is 0.312 e. The van der Waals surface area contributed by atoms with Crippen molar-refractivity contribution >= 4 is 39.5 Å². The maximum absolute atomic E-state index is 12.2. The summed E-state index contributed by atoms with van der Waals surface area (Å²) in [4.78, 5) is 0. The predicted octanol–water partition coefficient (Wildman–Crippen LogP) is 2.62. The Hall–Kier alpha value is -1.08. The first-order valence-corrected chi connectivity index (χ1v) is 8.41. The van der Waals surface area contributed by atoms with Crippen LogP contribution >= 0.6 is 23.7 Å². The molecule has 20 heavy (non-hydrogen) atoms. The summed E-state index contributed by atoms with van der Waals surface area (Å²) >= 11 is 1.22. The molecule has 1 aromatic carbocycles. The lowest BCUT2D eigenvalue weighted by molar-refractivity contribution is 0.602. The van der Waals surface area contributed by atoms with Crippen molar-refractivity contribution in [2.45, 2.75) is 17.2 Å². The SMILES string of the molecule is Cl.O=S(=O)(Nc1cccc2c1CCNC2)c1cccs1. The Morgan fingerprint density at radius 2 is 2.05 bits per heavy atom. The molecule has 3 rings (SSSR count). The van der Waals surface area contributed by atoms with E-state index in [0.29, 0.717) is 9.90 Å². The maximum Gasteiger partial charge on any atom is 0.271 e. The van der Waals surface area contributed by atoms with Crippen LogP contribution in [0, 0.1) is 0 Å². The molecule has 0 atom stereocenters. The molecule has 1 aliphatic rings. The Morgan fingerprint density at radius 3 is 2.80 bits per heavy atom. The summed E-state index contributed by atoms with van der Waals surface area (Å²) in [5.74, 6) is 0. The maximum atomic E-state index is 12.2. The highest BCUT2D eigenvalue weighted by Crippen LogP contribution is 2.26. The van der Waals surface area contributed by atoms with Crippen molar-refractivity contribution in [3.05, 3.63) is 46.8 Å². The fourth-order valence-corrected chi connectivity index (χ4v) is 4.32. The van der Waals surface area contributed by atoms with E-state index < -0.39 is 10.0 Å². The molecular weight excluding hydrogens is 316 g/mol. The van der Waals surface area contributed by atoms with Crippen molar-refractivity contribution in [3.8, 4) is 0 Å². The zero-order valence-corrected chi connectivity index (χ0v) is 13.1. The number of sulfonamides is 1. The predicted molar refractivity (Wildman–Crippen MR) is 84.2 cm³/mol. The average Bonchev–Trinajstić information content (AvgIpc) is 2.93. The number of thiophene rings is 1. The van der Waals surface area contributed by atoms with Gasteiger partial charge in [0, 0.05) is 6.54 Å². The van der Waals surface area contributed by atoms with Crippen LogP contribution < -0.4 is 10.0 Å². The molecular formula is C13H15ClN2O2S2. The number of halogens is 1. The number of hydrogen-bond donors (Lipinski definition) is 2. The second kappa shape index (κ2) is 6.13. The number of anilines is 1. The van der Waals surface area contributed by atoms with Crippen molar-refractivity contribution in [3.63, 3.8) is 0 Å². The summed E-state index contributed by atoms with van der Waals surface area (Å²) in [5, 5.41) is 5.05. The minimum atomic E-state index is -3.46. The van der Waals surface area contributed by atoms with Gasteiger partial charge in [-0.05, 0) is 41.6 Å². The molecule has 0 aliphatic carbocycles. The van der Waals surface area contributed by atoms with E-state index in [-0.39, 0.29) is 12.4 Å². The lowest BCUT2D eigenvalue weighted by Gasteiger charge is -2.20. The van der Waals surface area contributed by atoms with E-state index in [4.69, 9.17) is 0 Å². The molecule has 7 heteroatoms. The van der Waals surface area contributed by atoms with Crippen LogP contribution in [-0.2, 0) is 23.0 Å². The van der Waals surface area contributed by atoms with Gasteiger partial charge < -0.3 is 5.32 Å². The highest BCUT2D eigenvalue weighted by Gasteiger charge is 2.19. The second-order valence-electron chi connectivity index (χ2n) is 4.41. The normalized spacial score (nSPS) is 14.2. The third kappa shape index (κ3) is 2.98. The zero-order valence-electron chi connectivity index (χ0n) is 10.6. The highest BCUT2D eigenvalue weighted by atomic mass is 35.5. The van der Waals surface area contributed by atoms with Gasteiger partial charge in [0.15, 0.2) is 0 Å². The minimum absolute atomic E-state index is 0. The first-order valence-electron chi connectivity index (χ1n) is 6.04. The van der Waals surface area contributed by atoms with Gasteiger partial charge in [-0.1, -0.05) is 18.2 Å². The molecule has 0 spiro atoms. The Kier molecular flexibility index (Phi) is 4.70. The molecule has 0 saturated carbocycles. The van der Waals surface area contributed by atoms with E-state index in [1.807, 2.05) is 18.2 Å². The van der Waals surface area contributed by atoms with Crippen LogP contribution in [-0.4, -0.2) is 15.0 Å². The number of nitrogens with one attached hydrogen (secondary N) is 2. The molecule has 0 radical (unpaired) electrons. The van der Waals surface area contributed by atoms with Crippen molar-refractivity contribution in [1.82, 2.24) is 5.32 Å². The molecule has 1 aromatic heterocycles. The first-order chi connectivity index (χ1) is 9.17. The fraction of sp³-hybridized carbons (Fsp3) is 0.231. The van der Waals surface area contributed by atoms with Gasteiger partial charge >= 0.3 is 0 Å². The van der Waals surface area contributed by atoms with Gasteiger partial charge in [-0.2, -0.15) is 0 Å². The smallest absolute Gasteiger partial charge is 0.271 e. The van der Waals surface area contributed by atoms with Crippen molar-refractivity contribution in [2.24, 2.45) is 0 Å². The summed E-state index contributed by atoms with van der Waals surface area (Å²) in [7, 11) is -3.46. The summed E-state index contributed by atoms with van der Waals surface area (Å²) < 4.78 is 27.5. The summed E-state index contributed by atoms with van der Waals surface area (Å²) in [6.07, 6.45) is 0.846. The van der Waals surface area contributed by atoms with Gasteiger partial charge in [-0.3, -0.25) is 4.72 Å². The van der Waals surface area contributed by atoms with Crippen molar-refractivity contribution < 1.29 is 8.42 Å². The van der Waals surface area contributed by atoms with E-state index in [0.717, 1.165) is 30.6 Å². The Balaban J connectivity index is 0.00000147. The Morgan fingerprint density at radius 1 is 1.20 bits per heavy atom. The molecule has 108 valence electrons. The van der Waals surface area contributed by atoms with E-state index >= 15 is 0 Å². The fourth-order valence-electron chi connectivity index (χ4n) is 2.24. The number of rotatable bonds is 3. The number of benzene rings is 1. The third-order valence-corrected chi connectivity index (χ3v) is 5.91. The van der Waals surface area contributed by atoms with Crippen LogP contribution in [0.2, 0.25) is 0 Å². The number of hydrogen-bond acceptors (Lipinski definition) is 4. The molecule has 1 aliphatic heterocycles. The van der Waals surface area contributed by atoms with Gasteiger partial charge in [0.25, 0.3) is 10.0 Å². The Labute approximate surface area is 128 Å². The average molecular weight is 331 g/mol. The molecule has 0 amide bonds. The van der Waals surface area contributed by atoms with E-state index in [1.165, 1.54) is 11.3 Å². The molecule has 2 heterocycles. The summed E-state index contributed by atoms with van der Waals surface area (Å²) in [5.41, 5.74) is 2.96. The quantitative estimate of drug-likeness (QED) is 0.909. The topological polar surface area (TPSA) is 58.2 Å². The monoisotopic (exact) mass is 330 g/mol. The van der Waals surface area contributed by atoms with Gasteiger partial charge in [0.2, 0.25) is 0 Å². The third-order valence-electron chi connectivity index (χ3n) is 3.14. The van der Waals surface area contributed by atoms with Gasteiger partial charge in [-0.15, -0.1) is 23.7 Å². The van der Waals surface area contributed by atoms with E-state index in [9.17, 15) is 8.42 Å². The second-order valence-corrected chi connectivity index (χ2v) is 7.26. The van der Waals surface area contributed by atoms with Crippen LogP contribution in [0.25, 0.3) is 0 Å². The van der Waals surface area contributed by atoms with Crippen LogP contribution in [0.4, 0.5) is 5.69 Å². The zero-order chi connectivity index (χ0) is 13.3. The van der Waals surface area contributed by atoms with Crippen molar-refractivity contribution in [2.75, 3.05) is 11.3 Å². The van der Waals surface area contributed by atoms with Crippen LogP contribution in [0.15, 0.2) is 39.9 Å². The molecule has 0 saturated heterocycles. The van der Waals surface area contributed by atoms with Crippen LogP contribution in [0.5, 0.6) is 0 Å². The molecule has 0 fully saturated rings. The van der Waals surface area contributed by atoms with E-state index in [2.05, 4.69) is 10.0 Å². The van der Waals surface area contributed by atoms with Gasteiger partial charge in [0.1, 0.15) is 4.21 Å². The van der Waals surface area contributed by atoms with Gasteiger partial charge in [0.05, 0.1) is 5.69 Å². The summed E-state index contributed by atoms with van der Waals surface area (Å²) in [6.45, 7) is 1.68. The molecule has 4 nitrogen and oxygen atoms in total. The molecule has 0 unspecified atom stereocenters. The molecule has 2 N–H and O–H groups in total. The lowest BCUT2D eigenvalue weighted by Crippen LogP contribution is -2.25. The molecule has 2 aromatic rings. The van der Waals surface area contributed by atoms with Gasteiger partial charge in [-0.25, -0.2) is 8.42 Å². The Bertz CT molecular complexity index is 684. The van der Waals surface area contributed by atoms with Crippen LogP contribution in [0.1, 0.15) is 11.1 Å². The lowest BCUT2D eigenvalue weighted by atomic mass is 9.99. The highest BCUT2D eigenvalue weighted by molar-refractivity contribution is 7.94. The molecule has 0 bridgehead atoms. The van der Waals surface area contributed by atoms with Crippen LogP contribution in [0.3, 0.4) is 0 Å². The number of fused-ring (bicyclic) bond motifs is 1.